The summed E-state index contributed by atoms with van der Waals surface area (Å²) in [7, 11) is 0. The lowest BCUT2D eigenvalue weighted by molar-refractivity contribution is 0.837. The van der Waals surface area contributed by atoms with Crippen molar-refractivity contribution in [1.82, 2.24) is 4.98 Å². The van der Waals surface area contributed by atoms with Crippen molar-refractivity contribution >= 4 is 22.5 Å². The van der Waals surface area contributed by atoms with Crippen LogP contribution in [0.3, 0.4) is 0 Å². The summed E-state index contributed by atoms with van der Waals surface area (Å²) >= 11 is 6.05. The van der Waals surface area contributed by atoms with Gasteiger partial charge in [-0.15, -0.1) is 0 Å². The summed E-state index contributed by atoms with van der Waals surface area (Å²) < 4.78 is 0. The molecule has 1 heterocycles. The zero-order valence-electron chi connectivity index (χ0n) is 8.81. The normalized spacial score (nSPS) is 11.1. The van der Waals surface area contributed by atoms with E-state index < -0.39 is 0 Å². The molecule has 3 N–H and O–H groups in total. The second-order valence-corrected chi connectivity index (χ2v) is 4.29. The minimum atomic E-state index is 0.728. The number of hydrogen-bond acceptors (Lipinski definition) is 1. The summed E-state index contributed by atoms with van der Waals surface area (Å²) in [4.78, 5) is 3.29. The molecule has 0 saturated heterocycles. The highest BCUT2D eigenvalue weighted by atomic mass is 35.5. The monoisotopic (exact) mass is 222 g/mol. The van der Waals surface area contributed by atoms with Crippen molar-refractivity contribution in [3.63, 3.8) is 0 Å². The van der Waals surface area contributed by atoms with Crippen LogP contribution in [-0.4, -0.2) is 11.5 Å². The fraction of sp³-hybridized carbons (Fsp3) is 0.333. The summed E-state index contributed by atoms with van der Waals surface area (Å²) in [5.41, 5.74) is 9.20. The third-order valence-corrected chi connectivity index (χ3v) is 2.91. The van der Waals surface area contributed by atoms with Gasteiger partial charge in [0.05, 0.1) is 0 Å². The number of H-pyrrole nitrogens is 1. The molecule has 15 heavy (non-hydrogen) atoms. The summed E-state index contributed by atoms with van der Waals surface area (Å²) in [5.74, 6) is 0. The molecule has 2 aromatic rings. The van der Waals surface area contributed by atoms with E-state index in [0.29, 0.717) is 0 Å². The Hall–Kier alpha value is -0.990. The number of rotatable bonds is 3. The van der Waals surface area contributed by atoms with Crippen LogP contribution in [-0.2, 0) is 6.42 Å². The first-order valence-corrected chi connectivity index (χ1v) is 5.56. The predicted octanol–water partition coefficient (Wildman–Crippen LogP) is 3.02. The predicted molar refractivity (Wildman–Crippen MR) is 65.4 cm³/mol. The Morgan fingerprint density at radius 3 is 2.93 bits per heavy atom. The number of aryl methyl sites for hydroxylation is 2. The quantitative estimate of drug-likeness (QED) is 0.824. The number of aromatic amines is 1. The summed E-state index contributed by atoms with van der Waals surface area (Å²) in [6, 6.07) is 4.00. The van der Waals surface area contributed by atoms with E-state index in [-0.39, 0.29) is 0 Å². The molecule has 3 heteroatoms. The van der Waals surface area contributed by atoms with Gasteiger partial charge < -0.3 is 10.7 Å². The lowest BCUT2D eigenvalue weighted by atomic mass is 10.1. The number of nitrogens with one attached hydrogen (secondary N) is 1. The van der Waals surface area contributed by atoms with E-state index in [1.165, 1.54) is 22.0 Å². The molecule has 0 aliphatic heterocycles. The molecule has 0 spiro atoms. The molecule has 0 bridgehead atoms. The van der Waals surface area contributed by atoms with E-state index in [1.807, 2.05) is 12.1 Å². The maximum absolute atomic E-state index is 6.05. The Kier molecular flexibility index (Phi) is 2.98. The molecule has 0 fully saturated rings. The van der Waals surface area contributed by atoms with Crippen LogP contribution in [0.15, 0.2) is 18.3 Å². The topological polar surface area (TPSA) is 41.8 Å². The average Bonchev–Trinajstić information content (AvgIpc) is 2.58. The van der Waals surface area contributed by atoms with Gasteiger partial charge >= 0.3 is 0 Å². The van der Waals surface area contributed by atoms with Crippen molar-refractivity contribution in [2.24, 2.45) is 5.73 Å². The van der Waals surface area contributed by atoms with Crippen LogP contribution in [0.2, 0.25) is 5.02 Å². The van der Waals surface area contributed by atoms with Gasteiger partial charge in [-0.2, -0.15) is 0 Å². The van der Waals surface area contributed by atoms with Gasteiger partial charge in [-0.25, -0.2) is 0 Å². The third-order valence-electron chi connectivity index (χ3n) is 2.69. The first-order chi connectivity index (χ1) is 7.22. The molecule has 0 amide bonds. The molecule has 1 aromatic heterocycles. The maximum Gasteiger partial charge on any atom is 0.0487 e. The maximum atomic E-state index is 6.05. The standard InChI is InChI=1S/C12H15ClN2/c1-8-5-10(13)6-11-9(3-2-4-14)7-15-12(8)11/h5-7,15H,2-4,14H2,1H3. The molecule has 2 nitrogen and oxygen atoms in total. The van der Waals surface area contributed by atoms with Gasteiger partial charge in [0.25, 0.3) is 0 Å². The fourth-order valence-corrected chi connectivity index (χ4v) is 2.20. The molecule has 0 saturated carbocycles. The number of halogens is 1. The van der Waals surface area contributed by atoms with Gasteiger partial charge in [0.1, 0.15) is 0 Å². The molecular weight excluding hydrogens is 208 g/mol. The van der Waals surface area contributed by atoms with Crippen molar-refractivity contribution in [3.05, 3.63) is 34.5 Å². The van der Waals surface area contributed by atoms with E-state index in [2.05, 4.69) is 18.1 Å². The van der Waals surface area contributed by atoms with Crippen LogP contribution in [0.25, 0.3) is 10.9 Å². The Bertz CT molecular complexity index is 474. The molecule has 0 atom stereocenters. The van der Waals surface area contributed by atoms with E-state index in [1.54, 1.807) is 0 Å². The molecule has 0 radical (unpaired) electrons. The van der Waals surface area contributed by atoms with E-state index in [0.717, 1.165) is 24.4 Å². The highest BCUT2D eigenvalue weighted by Gasteiger charge is 2.06. The molecule has 0 aliphatic carbocycles. The van der Waals surface area contributed by atoms with Crippen LogP contribution in [0, 0.1) is 6.92 Å². The summed E-state index contributed by atoms with van der Waals surface area (Å²) in [5, 5.41) is 2.03. The van der Waals surface area contributed by atoms with Crippen molar-refractivity contribution < 1.29 is 0 Å². The van der Waals surface area contributed by atoms with E-state index in [9.17, 15) is 0 Å². The zero-order chi connectivity index (χ0) is 10.8. The van der Waals surface area contributed by atoms with Gasteiger partial charge in [-0.1, -0.05) is 11.6 Å². The van der Waals surface area contributed by atoms with Gasteiger partial charge in [-0.3, -0.25) is 0 Å². The van der Waals surface area contributed by atoms with Crippen molar-refractivity contribution in [1.29, 1.82) is 0 Å². The Morgan fingerprint density at radius 1 is 1.40 bits per heavy atom. The van der Waals surface area contributed by atoms with Gasteiger partial charge in [-0.05, 0) is 49.6 Å². The summed E-state index contributed by atoms with van der Waals surface area (Å²) in [6.45, 7) is 2.80. The largest absolute Gasteiger partial charge is 0.361 e. The Balaban J connectivity index is 2.49. The van der Waals surface area contributed by atoms with Crippen molar-refractivity contribution in [2.75, 3.05) is 6.54 Å². The SMILES string of the molecule is Cc1cc(Cl)cc2c(CCCN)c[nH]c12. The summed E-state index contributed by atoms with van der Waals surface area (Å²) in [6.07, 6.45) is 4.08. The fourth-order valence-electron chi connectivity index (χ4n) is 1.92. The van der Waals surface area contributed by atoms with Crippen LogP contribution in [0.4, 0.5) is 0 Å². The Morgan fingerprint density at radius 2 is 2.20 bits per heavy atom. The highest BCUT2D eigenvalue weighted by Crippen LogP contribution is 2.26. The minimum Gasteiger partial charge on any atom is -0.361 e. The second-order valence-electron chi connectivity index (χ2n) is 3.85. The van der Waals surface area contributed by atoms with Gasteiger partial charge in [0.2, 0.25) is 0 Å². The van der Waals surface area contributed by atoms with Crippen LogP contribution < -0.4 is 5.73 Å². The van der Waals surface area contributed by atoms with Crippen LogP contribution >= 0.6 is 11.6 Å². The third kappa shape index (κ3) is 2.01. The number of nitrogens with two attached hydrogens (primary N) is 1. The molecule has 2 rings (SSSR count). The smallest absolute Gasteiger partial charge is 0.0487 e. The molecule has 0 unspecified atom stereocenters. The minimum absolute atomic E-state index is 0.728. The van der Waals surface area contributed by atoms with Gasteiger partial charge in [0, 0.05) is 22.1 Å². The first-order valence-electron chi connectivity index (χ1n) is 5.18. The van der Waals surface area contributed by atoms with Crippen molar-refractivity contribution in [2.45, 2.75) is 19.8 Å². The Labute approximate surface area is 94.4 Å². The number of benzene rings is 1. The van der Waals surface area contributed by atoms with Gasteiger partial charge in [0.15, 0.2) is 0 Å². The lowest BCUT2D eigenvalue weighted by Gasteiger charge is -2.00. The first kappa shape index (κ1) is 10.5. The second kappa shape index (κ2) is 4.25. The molecular formula is C12H15ClN2. The van der Waals surface area contributed by atoms with Crippen LogP contribution in [0.5, 0.6) is 0 Å². The number of fused-ring (bicyclic) bond motifs is 1. The average molecular weight is 223 g/mol. The van der Waals surface area contributed by atoms with Crippen LogP contribution in [0.1, 0.15) is 17.5 Å². The lowest BCUT2D eigenvalue weighted by Crippen LogP contribution is -1.99. The molecule has 1 aromatic carbocycles. The zero-order valence-corrected chi connectivity index (χ0v) is 9.56. The number of hydrogen-bond donors (Lipinski definition) is 2. The molecule has 0 aliphatic rings. The molecule has 80 valence electrons. The van der Waals surface area contributed by atoms with Crippen molar-refractivity contribution in [3.8, 4) is 0 Å². The highest BCUT2D eigenvalue weighted by molar-refractivity contribution is 6.31. The van der Waals surface area contributed by atoms with E-state index >= 15 is 0 Å². The number of aromatic nitrogens is 1. The van der Waals surface area contributed by atoms with E-state index in [4.69, 9.17) is 17.3 Å².